The van der Waals surface area contributed by atoms with Gasteiger partial charge in [0.25, 0.3) is 0 Å². The average Bonchev–Trinajstić information content (AvgIpc) is 2.94. The van der Waals surface area contributed by atoms with E-state index in [1.165, 1.54) is 18.2 Å². The maximum absolute atomic E-state index is 12.1. The lowest BCUT2D eigenvalue weighted by Gasteiger charge is -2.08. The lowest BCUT2D eigenvalue weighted by atomic mass is 10.3. The Morgan fingerprint density at radius 3 is 2.81 bits per heavy atom. The summed E-state index contributed by atoms with van der Waals surface area (Å²) in [5.74, 6) is 0. The molecule has 8 heteroatoms. The van der Waals surface area contributed by atoms with Crippen LogP contribution in [0.4, 0.5) is 5.69 Å². The van der Waals surface area contributed by atoms with Gasteiger partial charge in [-0.1, -0.05) is 11.6 Å². The zero-order valence-corrected chi connectivity index (χ0v) is 12.9. The minimum Gasteiger partial charge on any atom is -0.398 e. The standard InChI is InChI=1S/C13H17ClN4O2S/c14-12-9-11(3-4-13(12)15)21(19,20)17-5-1-2-7-18-8-6-16-10-18/h3-4,6,8-10,17H,1-2,5,7,15H2. The highest BCUT2D eigenvalue weighted by molar-refractivity contribution is 7.89. The van der Waals surface area contributed by atoms with E-state index in [4.69, 9.17) is 17.3 Å². The van der Waals surface area contributed by atoms with Crippen LogP contribution in [0.3, 0.4) is 0 Å². The van der Waals surface area contributed by atoms with Crippen LogP contribution in [0.15, 0.2) is 41.8 Å². The number of nitrogens with one attached hydrogen (secondary N) is 1. The van der Waals surface area contributed by atoms with Crippen molar-refractivity contribution in [3.05, 3.63) is 41.9 Å². The Balaban J connectivity index is 1.82. The third-order valence-electron chi connectivity index (χ3n) is 2.98. The molecular formula is C13H17ClN4O2S. The van der Waals surface area contributed by atoms with Crippen molar-refractivity contribution in [1.82, 2.24) is 14.3 Å². The molecule has 0 bridgehead atoms. The Kier molecular flexibility index (Phi) is 5.22. The van der Waals surface area contributed by atoms with Gasteiger partial charge in [0.05, 0.1) is 21.9 Å². The molecule has 0 radical (unpaired) electrons. The van der Waals surface area contributed by atoms with Gasteiger partial charge in [0.2, 0.25) is 10.0 Å². The lowest BCUT2D eigenvalue weighted by molar-refractivity contribution is 0.566. The number of hydrogen-bond donors (Lipinski definition) is 2. The Labute approximate surface area is 129 Å². The van der Waals surface area contributed by atoms with Gasteiger partial charge >= 0.3 is 0 Å². The maximum Gasteiger partial charge on any atom is 0.240 e. The molecule has 2 aromatic rings. The molecule has 21 heavy (non-hydrogen) atoms. The second kappa shape index (κ2) is 6.93. The predicted molar refractivity (Wildman–Crippen MR) is 82.5 cm³/mol. The molecule has 0 unspecified atom stereocenters. The van der Waals surface area contributed by atoms with Crippen molar-refractivity contribution in [3.8, 4) is 0 Å². The van der Waals surface area contributed by atoms with Crippen LogP contribution >= 0.6 is 11.6 Å². The van der Waals surface area contributed by atoms with Crippen molar-refractivity contribution in [2.24, 2.45) is 0 Å². The van der Waals surface area contributed by atoms with Crippen LogP contribution in [0.1, 0.15) is 12.8 Å². The van der Waals surface area contributed by atoms with Crippen LogP contribution in [0.25, 0.3) is 0 Å². The smallest absolute Gasteiger partial charge is 0.240 e. The molecule has 0 aliphatic carbocycles. The van der Waals surface area contributed by atoms with E-state index < -0.39 is 10.0 Å². The number of nitrogen functional groups attached to an aromatic ring is 1. The molecule has 3 N–H and O–H groups in total. The van der Waals surface area contributed by atoms with E-state index in [1.807, 2.05) is 10.8 Å². The Hall–Kier alpha value is -1.57. The highest BCUT2D eigenvalue weighted by Crippen LogP contribution is 2.22. The van der Waals surface area contributed by atoms with Gasteiger partial charge in [0.15, 0.2) is 0 Å². The summed E-state index contributed by atoms with van der Waals surface area (Å²) in [6.07, 6.45) is 6.93. The number of aromatic nitrogens is 2. The molecule has 0 spiro atoms. The Bertz CT molecular complexity index is 686. The number of rotatable bonds is 7. The molecule has 0 amide bonds. The highest BCUT2D eigenvalue weighted by atomic mass is 35.5. The van der Waals surface area contributed by atoms with Crippen LogP contribution in [0, 0.1) is 0 Å². The van der Waals surface area contributed by atoms with Crippen molar-refractivity contribution < 1.29 is 8.42 Å². The van der Waals surface area contributed by atoms with Crippen LogP contribution in [-0.4, -0.2) is 24.5 Å². The van der Waals surface area contributed by atoms with E-state index >= 15 is 0 Å². The largest absolute Gasteiger partial charge is 0.398 e. The minimum absolute atomic E-state index is 0.122. The third kappa shape index (κ3) is 4.45. The molecule has 0 saturated carbocycles. The summed E-state index contributed by atoms with van der Waals surface area (Å²) < 4.78 is 28.6. The second-order valence-corrected chi connectivity index (χ2v) is 6.76. The monoisotopic (exact) mass is 328 g/mol. The van der Waals surface area contributed by atoms with Crippen molar-refractivity contribution in [2.45, 2.75) is 24.3 Å². The lowest BCUT2D eigenvalue weighted by Crippen LogP contribution is -2.25. The molecule has 0 aliphatic heterocycles. The van der Waals surface area contributed by atoms with Crippen molar-refractivity contribution in [2.75, 3.05) is 12.3 Å². The fourth-order valence-corrected chi connectivity index (χ4v) is 3.15. The number of halogens is 1. The summed E-state index contributed by atoms with van der Waals surface area (Å²) in [6, 6.07) is 4.27. The Morgan fingerprint density at radius 2 is 2.14 bits per heavy atom. The molecule has 0 atom stereocenters. The molecule has 6 nitrogen and oxygen atoms in total. The summed E-state index contributed by atoms with van der Waals surface area (Å²) in [6.45, 7) is 1.19. The van der Waals surface area contributed by atoms with Gasteiger partial charge in [-0.05, 0) is 31.0 Å². The number of anilines is 1. The fraction of sp³-hybridized carbons (Fsp3) is 0.308. The maximum atomic E-state index is 12.1. The third-order valence-corrected chi connectivity index (χ3v) is 4.76. The normalized spacial score (nSPS) is 11.7. The van der Waals surface area contributed by atoms with E-state index in [-0.39, 0.29) is 9.92 Å². The van der Waals surface area contributed by atoms with Crippen molar-refractivity contribution >= 4 is 27.3 Å². The molecule has 2 rings (SSSR count). The van der Waals surface area contributed by atoms with E-state index in [0.29, 0.717) is 12.2 Å². The summed E-state index contributed by atoms with van der Waals surface area (Å²) in [7, 11) is -3.54. The van der Waals surface area contributed by atoms with Crippen molar-refractivity contribution in [3.63, 3.8) is 0 Å². The molecule has 1 heterocycles. The minimum atomic E-state index is -3.54. The second-order valence-electron chi connectivity index (χ2n) is 4.59. The van der Waals surface area contributed by atoms with Crippen LogP contribution in [0.5, 0.6) is 0 Å². The molecule has 1 aromatic heterocycles. The van der Waals surface area contributed by atoms with Crippen molar-refractivity contribution in [1.29, 1.82) is 0 Å². The molecule has 1 aromatic carbocycles. The fourth-order valence-electron chi connectivity index (χ4n) is 1.80. The molecule has 0 saturated heterocycles. The summed E-state index contributed by atoms with van der Waals surface area (Å²) >= 11 is 5.83. The molecule has 0 fully saturated rings. The van der Waals surface area contributed by atoms with Gasteiger partial charge in [-0.3, -0.25) is 0 Å². The quantitative estimate of drug-likeness (QED) is 0.600. The van der Waals surface area contributed by atoms with Gasteiger partial charge in [-0.15, -0.1) is 0 Å². The number of nitrogens with zero attached hydrogens (tertiary/aromatic N) is 2. The topological polar surface area (TPSA) is 90.0 Å². The molecule has 0 aliphatic rings. The number of sulfonamides is 1. The van der Waals surface area contributed by atoms with E-state index in [2.05, 4.69) is 9.71 Å². The molecular weight excluding hydrogens is 312 g/mol. The van der Waals surface area contributed by atoms with Gasteiger partial charge in [0.1, 0.15) is 0 Å². The van der Waals surface area contributed by atoms with Crippen LogP contribution in [0.2, 0.25) is 5.02 Å². The SMILES string of the molecule is Nc1ccc(S(=O)(=O)NCCCCn2ccnc2)cc1Cl. The zero-order valence-electron chi connectivity index (χ0n) is 11.4. The van der Waals surface area contributed by atoms with E-state index in [9.17, 15) is 8.42 Å². The van der Waals surface area contributed by atoms with E-state index in [0.717, 1.165) is 19.4 Å². The first kappa shape index (κ1) is 15.8. The first-order chi connectivity index (χ1) is 9.99. The van der Waals surface area contributed by atoms with Gasteiger partial charge in [0, 0.05) is 25.5 Å². The molecule has 114 valence electrons. The summed E-state index contributed by atoms with van der Waals surface area (Å²) in [5.41, 5.74) is 5.92. The number of unbranched alkanes of at least 4 members (excludes halogenated alkanes) is 1. The number of imidazole rings is 1. The summed E-state index contributed by atoms with van der Waals surface area (Å²) in [4.78, 5) is 4.07. The number of aryl methyl sites for hydroxylation is 1. The van der Waals surface area contributed by atoms with Crippen LogP contribution in [-0.2, 0) is 16.6 Å². The first-order valence-corrected chi connectivity index (χ1v) is 8.35. The number of nitrogens with two attached hydrogens (primary N) is 1. The zero-order chi connectivity index (χ0) is 15.3. The van der Waals surface area contributed by atoms with Gasteiger partial charge in [-0.25, -0.2) is 18.1 Å². The number of hydrogen-bond acceptors (Lipinski definition) is 4. The Morgan fingerprint density at radius 1 is 1.33 bits per heavy atom. The van der Waals surface area contributed by atoms with E-state index in [1.54, 1.807) is 12.5 Å². The van der Waals surface area contributed by atoms with Gasteiger partial charge in [-0.2, -0.15) is 0 Å². The highest BCUT2D eigenvalue weighted by Gasteiger charge is 2.14. The predicted octanol–water partition coefficient (Wildman–Crippen LogP) is 1.88. The van der Waals surface area contributed by atoms with Crippen LogP contribution < -0.4 is 10.5 Å². The summed E-state index contributed by atoms with van der Waals surface area (Å²) in [5, 5.41) is 0.234. The first-order valence-electron chi connectivity index (χ1n) is 6.49. The van der Waals surface area contributed by atoms with Gasteiger partial charge < -0.3 is 10.3 Å². The number of benzene rings is 1. The average molecular weight is 329 g/mol.